The maximum Gasteiger partial charge on any atom is 0.308 e. The van der Waals surface area contributed by atoms with Gasteiger partial charge in [0.25, 0.3) is 0 Å². The third-order valence-corrected chi connectivity index (χ3v) is 5.54. The van der Waals surface area contributed by atoms with Gasteiger partial charge < -0.3 is 24.8 Å². The average molecular weight is 403 g/mol. The number of unbranched alkanes of at least 4 members (excludes halogenated alkanes) is 12. The highest BCUT2D eigenvalue weighted by Crippen LogP contribution is 2.22. The highest BCUT2D eigenvalue weighted by Gasteiger charge is 2.43. The van der Waals surface area contributed by atoms with Crippen molar-refractivity contribution < 1.29 is 29.6 Å². The van der Waals surface area contributed by atoms with Crippen LogP contribution in [0.1, 0.15) is 104 Å². The fraction of sp³-hybridized carbons (Fsp3) is 0.955. The molecular weight excluding hydrogens is 360 g/mol. The molecule has 3 N–H and O–H groups in total. The van der Waals surface area contributed by atoms with Crippen molar-refractivity contribution >= 4 is 5.97 Å². The summed E-state index contributed by atoms with van der Waals surface area (Å²) >= 11 is 0. The normalized spacial score (nSPS) is 27.7. The molecule has 1 heterocycles. The van der Waals surface area contributed by atoms with Crippen LogP contribution >= 0.6 is 0 Å². The minimum Gasteiger partial charge on any atom is -0.433 e. The van der Waals surface area contributed by atoms with Gasteiger partial charge in [-0.25, -0.2) is 0 Å². The van der Waals surface area contributed by atoms with Gasteiger partial charge in [0.1, 0.15) is 18.3 Å². The lowest BCUT2D eigenvalue weighted by atomic mass is 10.00. The number of hydrogen-bond donors (Lipinski definition) is 3. The predicted octanol–water partition coefficient (Wildman–Crippen LogP) is 3.84. The SMILES string of the molecule is CCCCCCCCCCCCCCCC(=O)OC1O[C@H](C)[C@@H](O)[C@H](O)[C@H]1O. The van der Waals surface area contributed by atoms with Gasteiger partial charge in [0, 0.05) is 6.42 Å². The van der Waals surface area contributed by atoms with Gasteiger partial charge in [-0.15, -0.1) is 0 Å². The van der Waals surface area contributed by atoms with Crippen molar-refractivity contribution in [2.45, 2.75) is 134 Å². The summed E-state index contributed by atoms with van der Waals surface area (Å²) in [6, 6.07) is 0. The van der Waals surface area contributed by atoms with Gasteiger partial charge in [-0.05, 0) is 13.3 Å². The Morgan fingerprint density at radius 3 is 1.71 bits per heavy atom. The minimum atomic E-state index is -1.43. The molecule has 0 saturated carbocycles. The Bertz CT molecular complexity index is 402. The second-order valence-electron chi connectivity index (χ2n) is 8.16. The van der Waals surface area contributed by atoms with Crippen LogP contribution < -0.4 is 0 Å². The van der Waals surface area contributed by atoms with E-state index in [-0.39, 0.29) is 6.42 Å². The molecule has 5 atom stereocenters. The summed E-state index contributed by atoms with van der Waals surface area (Å²) in [5.41, 5.74) is 0. The summed E-state index contributed by atoms with van der Waals surface area (Å²) in [5.74, 6) is -0.442. The average Bonchev–Trinajstić information content (AvgIpc) is 2.68. The van der Waals surface area contributed by atoms with Crippen molar-refractivity contribution in [2.75, 3.05) is 0 Å². The lowest BCUT2D eigenvalue weighted by Crippen LogP contribution is -2.57. The molecule has 166 valence electrons. The molecular formula is C22H42O6. The van der Waals surface area contributed by atoms with Crippen LogP contribution in [0.5, 0.6) is 0 Å². The molecule has 1 aliphatic heterocycles. The highest BCUT2D eigenvalue weighted by molar-refractivity contribution is 5.69. The fourth-order valence-electron chi connectivity index (χ4n) is 3.59. The van der Waals surface area contributed by atoms with Crippen LogP contribution in [-0.4, -0.2) is 52.0 Å². The molecule has 0 radical (unpaired) electrons. The van der Waals surface area contributed by atoms with E-state index in [1.807, 2.05) is 0 Å². The monoisotopic (exact) mass is 402 g/mol. The van der Waals surface area contributed by atoms with E-state index in [1.54, 1.807) is 6.92 Å². The van der Waals surface area contributed by atoms with E-state index in [0.29, 0.717) is 0 Å². The van der Waals surface area contributed by atoms with E-state index < -0.39 is 36.7 Å². The third-order valence-electron chi connectivity index (χ3n) is 5.54. The van der Waals surface area contributed by atoms with E-state index in [1.165, 1.54) is 64.2 Å². The van der Waals surface area contributed by atoms with Gasteiger partial charge in [-0.2, -0.15) is 0 Å². The molecule has 0 aromatic rings. The Kier molecular flexibility index (Phi) is 13.8. The number of ether oxygens (including phenoxy) is 2. The van der Waals surface area contributed by atoms with Gasteiger partial charge in [-0.3, -0.25) is 4.79 Å². The molecule has 1 fully saturated rings. The molecule has 1 unspecified atom stereocenters. The molecule has 0 aromatic carbocycles. The lowest BCUT2D eigenvalue weighted by molar-refractivity contribution is -0.284. The van der Waals surface area contributed by atoms with E-state index in [2.05, 4.69) is 6.92 Å². The second-order valence-corrected chi connectivity index (χ2v) is 8.16. The maximum atomic E-state index is 11.9. The summed E-state index contributed by atoms with van der Waals surface area (Å²) in [6.45, 7) is 3.81. The van der Waals surface area contributed by atoms with Crippen LogP contribution in [0, 0.1) is 0 Å². The first-order valence-corrected chi connectivity index (χ1v) is 11.4. The van der Waals surface area contributed by atoms with Gasteiger partial charge in [0.2, 0.25) is 6.29 Å². The van der Waals surface area contributed by atoms with Crippen LogP contribution in [0.2, 0.25) is 0 Å². The second kappa shape index (κ2) is 15.2. The Labute approximate surface area is 170 Å². The topological polar surface area (TPSA) is 96.2 Å². The number of esters is 1. The predicted molar refractivity (Wildman–Crippen MR) is 109 cm³/mol. The Hall–Kier alpha value is -0.690. The third kappa shape index (κ3) is 10.2. The Morgan fingerprint density at radius 1 is 0.750 bits per heavy atom. The molecule has 0 amide bonds. The maximum absolute atomic E-state index is 11.9. The molecule has 0 bridgehead atoms. The lowest BCUT2D eigenvalue weighted by Gasteiger charge is -2.38. The van der Waals surface area contributed by atoms with Crippen molar-refractivity contribution in [3.63, 3.8) is 0 Å². The van der Waals surface area contributed by atoms with Crippen molar-refractivity contribution in [2.24, 2.45) is 0 Å². The van der Waals surface area contributed by atoms with E-state index in [9.17, 15) is 20.1 Å². The van der Waals surface area contributed by atoms with E-state index in [4.69, 9.17) is 9.47 Å². The molecule has 28 heavy (non-hydrogen) atoms. The van der Waals surface area contributed by atoms with Crippen molar-refractivity contribution in [1.82, 2.24) is 0 Å². The molecule has 6 nitrogen and oxygen atoms in total. The zero-order chi connectivity index (χ0) is 20.8. The smallest absolute Gasteiger partial charge is 0.308 e. The number of carbonyl (C=O) groups is 1. The zero-order valence-corrected chi connectivity index (χ0v) is 17.9. The van der Waals surface area contributed by atoms with E-state index >= 15 is 0 Å². The van der Waals surface area contributed by atoms with Crippen LogP contribution in [0.15, 0.2) is 0 Å². The summed E-state index contributed by atoms with van der Waals surface area (Å²) in [7, 11) is 0. The van der Waals surface area contributed by atoms with E-state index in [0.717, 1.165) is 19.3 Å². The Morgan fingerprint density at radius 2 is 1.21 bits per heavy atom. The molecule has 0 aromatic heterocycles. The summed E-state index contributed by atoms with van der Waals surface area (Å²) in [4.78, 5) is 11.9. The van der Waals surface area contributed by atoms with Crippen LogP contribution in [0.3, 0.4) is 0 Å². The first-order chi connectivity index (χ1) is 13.5. The first-order valence-electron chi connectivity index (χ1n) is 11.4. The van der Waals surface area contributed by atoms with Crippen LogP contribution in [-0.2, 0) is 14.3 Å². The summed E-state index contributed by atoms with van der Waals surface area (Å²) in [5, 5.41) is 29.2. The molecule has 1 rings (SSSR count). The van der Waals surface area contributed by atoms with Gasteiger partial charge in [0.15, 0.2) is 0 Å². The Balaban J connectivity index is 1.95. The minimum absolute atomic E-state index is 0.275. The number of hydrogen-bond acceptors (Lipinski definition) is 6. The summed E-state index contributed by atoms with van der Waals surface area (Å²) in [6.07, 6.45) is 10.5. The summed E-state index contributed by atoms with van der Waals surface area (Å²) < 4.78 is 10.4. The number of aliphatic hydroxyl groups is 3. The van der Waals surface area contributed by atoms with Gasteiger partial charge in [0.05, 0.1) is 6.10 Å². The standard InChI is InChI=1S/C22H42O6/c1-3-4-5-6-7-8-9-10-11-12-13-14-15-16-18(23)28-22-21(26)20(25)19(24)17(2)27-22/h17,19-22,24-26H,3-16H2,1-2H3/t17-,19-,20+,21-,22?/m1/s1. The van der Waals surface area contributed by atoms with Crippen LogP contribution in [0.25, 0.3) is 0 Å². The van der Waals surface area contributed by atoms with Crippen LogP contribution in [0.4, 0.5) is 0 Å². The van der Waals surface area contributed by atoms with Crippen molar-refractivity contribution in [3.8, 4) is 0 Å². The van der Waals surface area contributed by atoms with Crippen molar-refractivity contribution in [3.05, 3.63) is 0 Å². The number of aliphatic hydroxyl groups excluding tert-OH is 3. The first kappa shape index (κ1) is 25.3. The molecule has 1 aliphatic rings. The quantitative estimate of drug-likeness (QED) is 0.284. The fourth-order valence-corrected chi connectivity index (χ4v) is 3.59. The number of rotatable bonds is 15. The molecule has 6 heteroatoms. The van der Waals surface area contributed by atoms with Crippen molar-refractivity contribution in [1.29, 1.82) is 0 Å². The molecule has 1 saturated heterocycles. The zero-order valence-electron chi connectivity index (χ0n) is 17.9. The largest absolute Gasteiger partial charge is 0.433 e. The molecule has 0 aliphatic carbocycles. The molecule has 0 spiro atoms. The van der Waals surface area contributed by atoms with Gasteiger partial charge >= 0.3 is 5.97 Å². The highest BCUT2D eigenvalue weighted by atomic mass is 16.7. The van der Waals surface area contributed by atoms with Gasteiger partial charge in [-0.1, -0.05) is 84.0 Å². The number of carbonyl (C=O) groups excluding carboxylic acids is 1.